The number of ether oxygens (including phenoxy) is 2. The minimum Gasteiger partial charge on any atom is -0.490 e. The second-order valence-corrected chi connectivity index (χ2v) is 16.6. The number of piperidine rings is 2. The number of carbonyl (C=O) groups excluding carboxylic acids is 2. The Labute approximate surface area is 340 Å². The molecule has 0 bridgehead atoms. The topological polar surface area (TPSA) is 149 Å². The number of nitrogens with zero attached hydrogens (tertiary/aromatic N) is 4. The highest BCUT2D eigenvalue weighted by Gasteiger charge is 2.30. The van der Waals surface area contributed by atoms with E-state index in [9.17, 15) is 19.8 Å². The summed E-state index contributed by atoms with van der Waals surface area (Å²) in [7, 11) is 0. The maximum absolute atomic E-state index is 11.9. The van der Waals surface area contributed by atoms with Crippen molar-refractivity contribution < 1.29 is 29.3 Å². The van der Waals surface area contributed by atoms with E-state index in [1.807, 2.05) is 24.3 Å². The molecule has 2 saturated heterocycles. The average molecular weight is 787 g/mol. The van der Waals surface area contributed by atoms with Crippen molar-refractivity contribution >= 4 is 23.5 Å². The summed E-state index contributed by atoms with van der Waals surface area (Å²) in [6.07, 6.45) is 8.35. The van der Waals surface area contributed by atoms with E-state index in [-0.39, 0.29) is 36.2 Å². The molecule has 2 atom stereocenters. The summed E-state index contributed by atoms with van der Waals surface area (Å²) >= 11 is 0. The molecule has 6 heterocycles. The number of pyridine rings is 2. The zero-order chi connectivity index (χ0) is 39.9. The summed E-state index contributed by atoms with van der Waals surface area (Å²) in [6.45, 7) is 8.86. The lowest BCUT2D eigenvalue weighted by Gasteiger charge is -2.34. The first-order valence-electron chi connectivity index (χ1n) is 21.3. The fourth-order valence-corrected chi connectivity index (χ4v) is 9.46. The molecule has 2 fully saturated rings. The van der Waals surface area contributed by atoms with Crippen LogP contribution in [0.4, 0.5) is 11.6 Å². The number of aliphatic hydroxyl groups excluding tert-OH is 2. The SMILES string of the molecule is CCc1cc2c(nc1N1CCC(Oc3ccc4c(c3)C[C@@H](O)C4)CC1)CNC2=O.CCc1cc2c(nc1N1CCC(Oc3ccc4c(c3)C[C@H](O)C4)CC1)CNC2=O. The summed E-state index contributed by atoms with van der Waals surface area (Å²) in [5.41, 5.74) is 10.4. The lowest BCUT2D eigenvalue weighted by molar-refractivity contribution is 0.0957. The standard InChI is InChI=1S/2C23H27N3O3/c2*1-2-14-12-20-21(13-24-23(20)28)25-22(14)26-7-5-18(6-8-26)29-19-4-3-15-9-17(27)10-16(15)11-19/h2*3-4,11-12,17-18,27H,2,5-10,13H2,1H3,(H,24,28)/t2*17-/m10/s1. The molecule has 10 rings (SSSR count). The Bertz CT molecular complexity index is 2060. The fraction of sp³-hybridized carbons (Fsp3) is 0.478. The van der Waals surface area contributed by atoms with E-state index >= 15 is 0 Å². The smallest absolute Gasteiger partial charge is 0.253 e. The molecule has 0 spiro atoms. The molecule has 4 aliphatic heterocycles. The summed E-state index contributed by atoms with van der Waals surface area (Å²) in [4.78, 5) is 38.2. The Hall–Kier alpha value is -5.20. The number of benzene rings is 2. The van der Waals surface area contributed by atoms with Gasteiger partial charge in [0.25, 0.3) is 11.8 Å². The number of amides is 2. The van der Waals surface area contributed by atoms with Gasteiger partial charge in [-0.05, 0) is 108 Å². The lowest BCUT2D eigenvalue weighted by Crippen LogP contribution is -2.39. The van der Waals surface area contributed by atoms with Gasteiger partial charge in [0.1, 0.15) is 35.3 Å². The van der Waals surface area contributed by atoms with Crippen LogP contribution < -0.4 is 29.9 Å². The molecule has 2 aromatic carbocycles. The van der Waals surface area contributed by atoms with Crippen LogP contribution in [0.15, 0.2) is 48.5 Å². The molecule has 304 valence electrons. The maximum Gasteiger partial charge on any atom is 0.253 e. The van der Waals surface area contributed by atoms with Crippen molar-refractivity contribution in [1.82, 2.24) is 20.6 Å². The van der Waals surface area contributed by atoms with Gasteiger partial charge in [-0.1, -0.05) is 26.0 Å². The van der Waals surface area contributed by atoms with Crippen LogP contribution >= 0.6 is 0 Å². The van der Waals surface area contributed by atoms with Crippen LogP contribution in [0.3, 0.4) is 0 Å². The van der Waals surface area contributed by atoms with Crippen LogP contribution in [0.2, 0.25) is 0 Å². The molecule has 6 aliphatic rings. The molecule has 0 radical (unpaired) electrons. The number of nitrogens with one attached hydrogen (secondary N) is 2. The second kappa shape index (κ2) is 16.2. The van der Waals surface area contributed by atoms with Gasteiger partial charge in [0, 0.05) is 51.9 Å². The highest BCUT2D eigenvalue weighted by atomic mass is 16.5. The van der Waals surface area contributed by atoms with Gasteiger partial charge in [-0.3, -0.25) is 9.59 Å². The summed E-state index contributed by atoms with van der Waals surface area (Å²) in [5.74, 6) is 3.84. The lowest BCUT2D eigenvalue weighted by atomic mass is 10.0. The highest BCUT2D eigenvalue weighted by molar-refractivity contribution is 5.99. The van der Waals surface area contributed by atoms with E-state index in [2.05, 4.69) is 58.5 Å². The van der Waals surface area contributed by atoms with Crippen molar-refractivity contribution in [3.05, 3.63) is 104 Å². The van der Waals surface area contributed by atoms with Gasteiger partial charge in [0.2, 0.25) is 0 Å². The molecule has 4 aromatic rings. The third-order valence-corrected chi connectivity index (χ3v) is 12.7. The molecule has 12 heteroatoms. The molecule has 2 aromatic heterocycles. The fourth-order valence-electron chi connectivity index (χ4n) is 9.46. The normalized spacial score (nSPS) is 21.1. The molecular weight excluding hydrogens is 733 g/mol. The third kappa shape index (κ3) is 7.84. The van der Waals surface area contributed by atoms with E-state index in [4.69, 9.17) is 19.4 Å². The van der Waals surface area contributed by atoms with Crippen LogP contribution in [0, 0.1) is 0 Å². The zero-order valence-electron chi connectivity index (χ0n) is 33.6. The number of hydrogen-bond acceptors (Lipinski definition) is 10. The number of anilines is 2. The minimum atomic E-state index is -0.249. The maximum atomic E-state index is 11.9. The van der Waals surface area contributed by atoms with Crippen molar-refractivity contribution in [1.29, 1.82) is 0 Å². The Morgan fingerprint density at radius 1 is 0.603 bits per heavy atom. The molecule has 2 aliphatic carbocycles. The number of aryl methyl sites for hydroxylation is 2. The first-order valence-corrected chi connectivity index (χ1v) is 21.3. The van der Waals surface area contributed by atoms with Gasteiger partial charge in [0.15, 0.2) is 0 Å². The molecule has 12 nitrogen and oxygen atoms in total. The zero-order valence-corrected chi connectivity index (χ0v) is 33.6. The first-order chi connectivity index (χ1) is 28.2. The largest absolute Gasteiger partial charge is 0.490 e. The van der Waals surface area contributed by atoms with E-state index in [0.29, 0.717) is 13.1 Å². The summed E-state index contributed by atoms with van der Waals surface area (Å²) in [5, 5.41) is 25.4. The summed E-state index contributed by atoms with van der Waals surface area (Å²) < 4.78 is 12.5. The molecule has 2 amide bonds. The number of hydrogen-bond donors (Lipinski definition) is 4. The van der Waals surface area contributed by atoms with Gasteiger partial charge in [0.05, 0.1) is 47.8 Å². The first kappa shape index (κ1) is 38.3. The average Bonchev–Trinajstić information content (AvgIpc) is 4.01. The Morgan fingerprint density at radius 2 is 1.00 bits per heavy atom. The van der Waals surface area contributed by atoms with E-state index in [1.165, 1.54) is 22.3 Å². The van der Waals surface area contributed by atoms with Gasteiger partial charge in [-0.15, -0.1) is 0 Å². The molecular formula is C46H54N6O6. The van der Waals surface area contributed by atoms with Crippen molar-refractivity contribution in [2.24, 2.45) is 0 Å². The van der Waals surface area contributed by atoms with Gasteiger partial charge in [-0.2, -0.15) is 0 Å². The third-order valence-electron chi connectivity index (χ3n) is 12.7. The van der Waals surface area contributed by atoms with Crippen LogP contribution in [-0.2, 0) is 51.6 Å². The van der Waals surface area contributed by atoms with Crippen LogP contribution in [0.5, 0.6) is 11.5 Å². The number of rotatable bonds is 8. The van der Waals surface area contributed by atoms with Crippen LogP contribution in [-0.4, -0.2) is 82.6 Å². The summed E-state index contributed by atoms with van der Waals surface area (Å²) in [6, 6.07) is 16.5. The van der Waals surface area contributed by atoms with Gasteiger partial charge >= 0.3 is 0 Å². The predicted octanol–water partition coefficient (Wildman–Crippen LogP) is 4.79. The van der Waals surface area contributed by atoms with E-state index in [0.717, 1.165) is 147 Å². The van der Waals surface area contributed by atoms with Crippen molar-refractivity contribution in [2.45, 2.75) is 116 Å². The van der Waals surface area contributed by atoms with Crippen molar-refractivity contribution in [3.63, 3.8) is 0 Å². The second-order valence-electron chi connectivity index (χ2n) is 16.6. The number of aliphatic hydroxyl groups is 2. The van der Waals surface area contributed by atoms with E-state index < -0.39 is 0 Å². The monoisotopic (exact) mass is 786 g/mol. The van der Waals surface area contributed by atoms with E-state index in [1.54, 1.807) is 0 Å². The number of carbonyl (C=O) groups is 2. The minimum absolute atomic E-state index is 0.0114. The van der Waals surface area contributed by atoms with Gasteiger partial charge in [-0.25, -0.2) is 9.97 Å². The predicted molar refractivity (Wildman–Crippen MR) is 221 cm³/mol. The molecule has 0 unspecified atom stereocenters. The Balaban J connectivity index is 0.000000150. The Kier molecular flexibility index (Phi) is 10.7. The Morgan fingerprint density at radius 3 is 1.40 bits per heavy atom. The van der Waals surface area contributed by atoms with Crippen molar-refractivity contribution in [2.75, 3.05) is 36.0 Å². The van der Waals surface area contributed by atoms with Crippen LogP contribution in [0.1, 0.15) is 105 Å². The molecule has 0 saturated carbocycles. The van der Waals surface area contributed by atoms with Crippen LogP contribution in [0.25, 0.3) is 0 Å². The number of aromatic nitrogens is 2. The molecule has 4 N–H and O–H groups in total. The van der Waals surface area contributed by atoms with Crippen molar-refractivity contribution in [3.8, 4) is 11.5 Å². The highest BCUT2D eigenvalue weighted by Crippen LogP contribution is 2.33. The number of fused-ring (bicyclic) bond motifs is 4. The quantitative estimate of drug-likeness (QED) is 0.197. The molecule has 58 heavy (non-hydrogen) atoms. The van der Waals surface area contributed by atoms with Gasteiger partial charge < -0.3 is 40.1 Å².